The van der Waals surface area contributed by atoms with Gasteiger partial charge in [-0.15, -0.1) is 0 Å². The predicted octanol–water partition coefficient (Wildman–Crippen LogP) is 5.78. The van der Waals surface area contributed by atoms with Crippen LogP contribution in [0.5, 0.6) is 0 Å². The number of anilines is 1. The zero-order valence-electron chi connectivity index (χ0n) is 14.1. The maximum atomic E-state index is 6.07. The summed E-state index contributed by atoms with van der Waals surface area (Å²) in [7, 11) is 4.05. The summed E-state index contributed by atoms with van der Waals surface area (Å²) in [6.07, 6.45) is 4.01. The van der Waals surface area contributed by atoms with Gasteiger partial charge in [0.05, 0.1) is 21.1 Å². The van der Waals surface area contributed by atoms with Crippen LogP contribution in [-0.2, 0) is 0 Å². The molecule has 0 saturated carbocycles. The second kappa shape index (κ2) is 6.83. The van der Waals surface area contributed by atoms with Crippen molar-refractivity contribution in [3.8, 4) is 0 Å². The molecule has 4 rings (SSSR count). The van der Waals surface area contributed by atoms with Crippen LogP contribution in [0.2, 0.25) is 10.0 Å². The minimum atomic E-state index is 0.462. The van der Waals surface area contributed by atoms with E-state index in [4.69, 9.17) is 23.2 Å². The van der Waals surface area contributed by atoms with Gasteiger partial charge in [-0.05, 0) is 35.9 Å². The van der Waals surface area contributed by atoms with E-state index in [9.17, 15) is 0 Å². The monoisotopic (exact) mass is 400 g/mol. The summed E-state index contributed by atoms with van der Waals surface area (Å²) < 4.78 is 0. The fraction of sp³-hybridized carbons (Fsp3) is 0.105. The first-order valence-corrected chi connectivity index (χ1v) is 9.46. The minimum absolute atomic E-state index is 0.462. The quantitative estimate of drug-likeness (QED) is 0.436. The van der Waals surface area contributed by atoms with Gasteiger partial charge >= 0.3 is 0 Å². The van der Waals surface area contributed by atoms with Crippen LogP contribution in [-0.4, -0.2) is 29.0 Å². The van der Waals surface area contributed by atoms with Crippen LogP contribution in [0.15, 0.2) is 36.4 Å². The van der Waals surface area contributed by atoms with Gasteiger partial charge in [0.25, 0.3) is 0 Å². The molecule has 0 aliphatic rings. The van der Waals surface area contributed by atoms with Crippen LogP contribution in [0.3, 0.4) is 0 Å². The van der Waals surface area contributed by atoms with Crippen LogP contribution in [0.4, 0.5) is 5.69 Å². The third kappa shape index (κ3) is 3.38. The first-order chi connectivity index (χ1) is 12.5. The Morgan fingerprint density at radius 2 is 1.54 bits per heavy atom. The van der Waals surface area contributed by atoms with Crippen LogP contribution in [0.25, 0.3) is 33.7 Å². The molecule has 130 valence electrons. The third-order valence-electron chi connectivity index (χ3n) is 3.90. The van der Waals surface area contributed by atoms with Crippen molar-refractivity contribution in [2.45, 2.75) is 0 Å². The van der Waals surface area contributed by atoms with E-state index in [2.05, 4.69) is 44.1 Å². The maximum absolute atomic E-state index is 6.07. The summed E-state index contributed by atoms with van der Waals surface area (Å²) in [6.45, 7) is 0. The highest BCUT2D eigenvalue weighted by Crippen LogP contribution is 2.29. The highest BCUT2D eigenvalue weighted by Gasteiger charge is 2.09. The molecule has 0 N–H and O–H groups in total. The average molecular weight is 401 g/mol. The Kier molecular flexibility index (Phi) is 4.53. The van der Waals surface area contributed by atoms with E-state index in [-0.39, 0.29) is 0 Å². The van der Waals surface area contributed by atoms with Gasteiger partial charge in [-0.25, -0.2) is 15.0 Å². The van der Waals surface area contributed by atoms with Gasteiger partial charge < -0.3 is 4.90 Å². The molecular weight excluding hydrogens is 387 g/mol. The Balaban J connectivity index is 1.67. The van der Waals surface area contributed by atoms with Gasteiger partial charge in [-0.3, -0.25) is 0 Å². The number of aromatic nitrogens is 3. The number of benzene rings is 2. The Hall–Kier alpha value is -2.21. The van der Waals surface area contributed by atoms with Crippen molar-refractivity contribution in [2.75, 3.05) is 19.0 Å². The van der Waals surface area contributed by atoms with Gasteiger partial charge in [-0.2, -0.15) is 0 Å². The number of hydrogen-bond donors (Lipinski definition) is 0. The normalized spacial score (nSPS) is 11.7. The smallest absolute Gasteiger partial charge is 0.190 e. The zero-order chi connectivity index (χ0) is 18.3. The van der Waals surface area contributed by atoms with Crippen molar-refractivity contribution in [1.29, 1.82) is 0 Å². The van der Waals surface area contributed by atoms with Crippen molar-refractivity contribution >= 4 is 73.9 Å². The molecular formula is C19H14Cl2N4S. The van der Waals surface area contributed by atoms with Crippen molar-refractivity contribution in [3.63, 3.8) is 0 Å². The molecule has 0 saturated heterocycles. The van der Waals surface area contributed by atoms with Crippen LogP contribution < -0.4 is 4.90 Å². The molecule has 2 aromatic carbocycles. The lowest BCUT2D eigenvalue weighted by molar-refractivity contribution is 1.13. The minimum Gasteiger partial charge on any atom is -0.378 e. The molecule has 0 fully saturated rings. The number of thiazole rings is 1. The van der Waals surface area contributed by atoms with Gasteiger partial charge in [0.15, 0.2) is 10.5 Å². The van der Waals surface area contributed by atoms with E-state index in [1.54, 1.807) is 12.1 Å². The van der Waals surface area contributed by atoms with Crippen molar-refractivity contribution < 1.29 is 0 Å². The SMILES string of the molecule is CN(C)c1ccc(/C=C/c2nc3nc4cc(Cl)c(Cl)cc4nc3s2)cc1. The zero-order valence-corrected chi connectivity index (χ0v) is 16.4. The second-order valence-corrected chi connectivity index (χ2v) is 7.80. The molecule has 0 bridgehead atoms. The first-order valence-electron chi connectivity index (χ1n) is 7.88. The number of rotatable bonds is 3. The van der Waals surface area contributed by atoms with Crippen LogP contribution in [0, 0.1) is 0 Å². The molecule has 0 amide bonds. The Bertz CT molecular complexity index is 1080. The average Bonchev–Trinajstić information content (AvgIpc) is 3.01. The Morgan fingerprint density at radius 1 is 0.885 bits per heavy atom. The molecule has 0 spiro atoms. The highest BCUT2D eigenvalue weighted by atomic mass is 35.5. The Labute approximate surface area is 164 Å². The van der Waals surface area contributed by atoms with Crippen molar-refractivity contribution in [3.05, 3.63) is 57.0 Å². The van der Waals surface area contributed by atoms with E-state index in [1.807, 2.05) is 26.2 Å². The van der Waals surface area contributed by atoms with Gasteiger partial charge in [0, 0.05) is 19.8 Å². The summed E-state index contributed by atoms with van der Waals surface area (Å²) in [5.74, 6) is 0. The summed E-state index contributed by atoms with van der Waals surface area (Å²) >= 11 is 13.6. The largest absolute Gasteiger partial charge is 0.378 e. The fourth-order valence-corrected chi connectivity index (χ4v) is 3.62. The van der Waals surface area contributed by atoms with Gasteiger partial charge in [0.2, 0.25) is 0 Å². The molecule has 0 unspecified atom stereocenters. The molecule has 0 aliphatic carbocycles. The summed E-state index contributed by atoms with van der Waals surface area (Å²) in [6, 6.07) is 11.8. The fourth-order valence-electron chi connectivity index (χ4n) is 2.52. The summed E-state index contributed by atoms with van der Waals surface area (Å²) in [4.78, 5) is 16.5. The Morgan fingerprint density at radius 3 is 2.19 bits per heavy atom. The standard InChI is InChI=1S/C19H14Cl2N4S/c1-25(2)12-6-3-11(4-7-12)5-8-17-24-18-19(26-17)23-16-10-14(21)13(20)9-15(16)22-18/h3-10H,1-2H3/b8-5+. The van der Waals surface area contributed by atoms with E-state index in [0.29, 0.717) is 26.7 Å². The molecule has 2 heterocycles. The molecule has 0 radical (unpaired) electrons. The van der Waals surface area contributed by atoms with E-state index >= 15 is 0 Å². The number of fused-ring (bicyclic) bond motifs is 2. The van der Waals surface area contributed by atoms with Crippen LogP contribution >= 0.6 is 34.5 Å². The predicted molar refractivity (Wildman–Crippen MR) is 112 cm³/mol. The van der Waals surface area contributed by atoms with Crippen molar-refractivity contribution in [1.82, 2.24) is 15.0 Å². The molecule has 0 aliphatic heterocycles. The second-order valence-electron chi connectivity index (χ2n) is 5.98. The third-order valence-corrected chi connectivity index (χ3v) is 5.53. The maximum Gasteiger partial charge on any atom is 0.190 e. The lowest BCUT2D eigenvalue weighted by Gasteiger charge is -2.11. The molecule has 0 atom stereocenters. The van der Waals surface area contributed by atoms with E-state index in [1.165, 1.54) is 17.0 Å². The summed E-state index contributed by atoms with van der Waals surface area (Å²) in [5.41, 5.74) is 4.29. The van der Waals surface area contributed by atoms with E-state index < -0.39 is 0 Å². The van der Waals surface area contributed by atoms with Crippen molar-refractivity contribution in [2.24, 2.45) is 0 Å². The number of nitrogens with zero attached hydrogens (tertiary/aromatic N) is 4. The molecule has 4 nitrogen and oxygen atoms in total. The molecule has 26 heavy (non-hydrogen) atoms. The van der Waals surface area contributed by atoms with Gasteiger partial charge in [-0.1, -0.05) is 52.7 Å². The number of halogens is 2. The summed E-state index contributed by atoms with van der Waals surface area (Å²) in [5, 5.41) is 1.78. The first kappa shape index (κ1) is 17.2. The van der Waals surface area contributed by atoms with E-state index in [0.717, 1.165) is 15.4 Å². The number of hydrogen-bond acceptors (Lipinski definition) is 5. The molecule has 2 aromatic heterocycles. The van der Waals surface area contributed by atoms with Gasteiger partial charge in [0.1, 0.15) is 5.01 Å². The van der Waals surface area contributed by atoms with Crippen LogP contribution in [0.1, 0.15) is 10.6 Å². The topological polar surface area (TPSA) is 41.9 Å². The highest BCUT2D eigenvalue weighted by molar-refractivity contribution is 7.18. The lowest BCUT2D eigenvalue weighted by atomic mass is 10.2. The lowest BCUT2D eigenvalue weighted by Crippen LogP contribution is -2.07. The molecule has 4 aromatic rings. The molecule has 7 heteroatoms.